The van der Waals surface area contributed by atoms with Gasteiger partial charge in [-0.2, -0.15) is 0 Å². The van der Waals surface area contributed by atoms with Crippen LogP contribution in [0.2, 0.25) is 0 Å². The Kier molecular flexibility index (Phi) is 6.75. The van der Waals surface area contributed by atoms with Crippen LogP contribution < -0.4 is 5.32 Å². The first-order chi connectivity index (χ1) is 13.5. The summed E-state index contributed by atoms with van der Waals surface area (Å²) in [4.78, 5) is 2.42. The molecule has 0 spiro atoms. The molecule has 0 amide bonds. The Morgan fingerprint density at radius 3 is 2.31 bits per heavy atom. The predicted octanol–water partition coefficient (Wildman–Crippen LogP) is 0.845. The van der Waals surface area contributed by atoms with E-state index >= 15 is 0 Å². The van der Waals surface area contributed by atoms with Gasteiger partial charge in [-0.3, -0.25) is 4.90 Å². The second kappa shape index (κ2) is 8.63. The summed E-state index contributed by atoms with van der Waals surface area (Å²) in [6.45, 7) is 10.6. The van der Waals surface area contributed by atoms with Crippen molar-refractivity contribution in [3.05, 3.63) is 29.8 Å². The molecular weight excluding hydrogens is 412 g/mol. The minimum absolute atomic E-state index is 0.0808. The normalized spacial score (nSPS) is 25.9. The summed E-state index contributed by atoms with van der Waals surface area (Å²) in [5.74, 6) is -0.467. The third-order valence-corrected chi connectivity index (χ3v) is 9.85. The Bertz CT molecular complexity index is 899. The molecule has 0 saturated carbocycles. The first-order valence-corrected chi connectivity index (χ1v) is 13.4. The van der Waals surface area contributed by atoms with Crippen molar-refractivity contribution >= 4 is 19.7 Å². The molecule has 2 saturated heterocycles. The van der Waals surface area contributed by atoms with Gasteiger partial charge in [0.05, 0.1) is 34.9 Å². The van der Waals surface area contributed by atoms with Gasteiger partial charge >= 0.3 is 0 Å². The molecule has 2 aliphatic heterocycles. The highest BCUT2D eigenvalue weighted by Gasteiger charge is 2.45. The van der Waals surface area contributed by atoms with Crippen LogP contribution in [0.25, 0.3) is 0 Å². The van der Waals surface area contributed by atoms with E-state index in [-0.39, 0.29) is 21.8 Å². The van der Waals surface area contributed by atoms with Gasteiger partial charge in [-0.1, -0.05) is 32.9 Å². The van der Waals surface area contributed by atoms with E-state index < -0.39 is 31.0 Å². The molecule has 0 bridgehead atoms. The molecule has 2 heterocycles. The lowest BCUT2D eigenvalue weighted by Gasteiger charge is -2.28. The Hall–Kier alpha value is -1.00. The van der Waals surface area contributed by atoms with Crippen molar-refractivity contribution in [1.29, 1.82) is 0 Å². The van der Waals surface area contributed by atoms with E-state index in [0.29, 0.717) is 19.8 Å². The number of sulfone groups is 2. The van der Waals surface area contributed by atoms with Gasteiger partial charge in [0, 0.05) is 32.2 Å². The summed E-state index contributed by atoms with van der Waals surface area (Å²) < 4.78 is 56.3. The fourth-order valence-electron chi connectivity index (χ4n) is 3.86. The first-order valence-electron chi connectivity index (χ1n) is 10.1. The molecule has 2 aliphatic rings. The number of nitrogens with zero attached hydrogens (tertiary/aromatic N) is 1. The molecule has 0 radical (unpaired) electrons. The lowest BCUT2D eigenvalue weighted by Crippen LogP contribution is -2.47. The van der Waals surface area contributed by atoms with Crippen molar-refractivity contribution in [3.8, 4) is 0 Å². The van der Waals surface area contributed by atoms with Crippen LogP contribution in [-0.2, 0) is 29.8 Å². The minimum Gasteiger partial charge on any atom is -0.379 e. The second-order valence-corrected chi connectivity index (χ2v) is 13.3. The predicted molar refractivity (Wildman–Crippen MR) is 114 cm³/mol. The Morgan fingerprint density at radius 2 is 1.72 bits per heavy atom. The van der Waals surface area contributed by atoms with Crippen LogP contribution in [0.15, 0.2) is 29.2 Å². The number of morpholine rings is 1. The number of rotatable bonds is 6. The van der Waals surface area contributed by atoms with Crippen molar-refractivity contribution in [2.24, 2.45) is 0 Å². The zero-order chi connectivity index (χ0) is 21.3. The molecule has 9 heteroatoms. The highest BCUT2D eigenvalue weighted by atomic mass is 32.2. The molecule has 2 atom stereocenters. The van der Waals surface area contributed by atoms with E-state index in [0.717, 1.165) is 25.2 Å². The van der Waals surface area contributed by atoms with E-state index in [1.807, 2.05) is 12.1 Å². The zero-order valence-electron chi connectivity index (χ0n) is 17.4. The van der Waals surface area contributed by atoms with Crippen LogP contribution >= 0.6 is 0 Å². The maximum absolute atomic E-state index is 13.2. The molecule has 1 N–H and O–H groups in total. The molecule has 0 aromatic heterocycles. The average Bonchev–Trinajstić information content (AvgIpc) is 2.97. The van der Waals surface area contributed by atoms with Gasteiger partial charge in [-0.15, -0.1) is 0 Å². The largest absolute Gasteiger partial charge is 0.379 e. The first kappa shape index (κ1) is 22.7. The van der Waals surface area contributed by atoms with E-state index in [9.17, 15) is 16.8 Å². The van der Waals surface area contributed by atoms with E-state index in [1.54, 1.807) is 12.1 Å². The van der Waals surface area contributed by atoms with Crippen LogP contribution in [-0.4, -0.2) is 83.9 Å². The van der Waals surface area contributed by atoms with Crippen LogP contribution in [0.4, 0.5) is 0 Å². The summed E-state index contributed by atoms with van der Waals surface area (Å²) in [5.41, 5.74) is 0.957. The van der Waals surface area contributed by atoms with Gasteiger partial charge in [0.1, 0.15) is 0 Å². The highest BCUT2D eigenvalue weighted by molar-refractivity contribution is 7.96. The van der Waals surface area contributed by atoms with E-state index in [2.05, 4.69) is 31.0 Å². The number of ether oxygens (including phenoxy) is 1. The summed E-state index contributed by atoms with van der Waals surface area (Å²) in [6.07, 6.45) is 0. The summed E-state index contributed by atoms with van der Waals surface area (Å²) in [6, 6.07) is 6.25. The van der Waals surface area contributed by atoms with Gasteiger partial charge in [0.15, 0.2) is 19.7 Å². The van der Waals surface area contributed by atoms with Gasteiger partial charge in [0.25, 0.3) is 0 Å². The van der Waals surface area contributed by atoms with Crippen molar-refractivity contribution in [2.45, 2.75) is 42.4 Å². The van der Waals surface area contributed by atoms with Crippen LogP contribution in [0.5, 0.6) is 0 Å². The zero-order valence-corrected chi connectivity index (χ0v) is 19.1. The molecular formula is C20H32N2O5S2. The lowest BCUT2D eigenvalue weighted by atomic mass is 9.87. The molecule has 164 valence electrons. The molecule has 1 aromatic rings. The molecule has 29 heavy (non-hydrogen) atoms. The van der Waals surface area contributed by atoms with Crippen LogP contribution in [0, 0.1) is 0 Å². The van der Waals surface area contributed by atoms with Gasteiger partial charge in [-0.05, 0) is 23.1 Å². The Morgan fingerprint density at radius 1 is 1.10 bits per heavy atom. The Labute approximate surface area is 174 Å². The third kappa shape index (κ3) is 5.58. The molecule has 1 aromatic carbocycles. The summed E-state index contributed by atoms with van der Waals surface area (Å²) in [7, 11) is -7.15. The van der Waals surface area contributed by atoms with E-state index in [1.165, 1.54) is 0 Å². The standard InChI is InChI=1S/C20H32N2O5S2/c1-20(2,3)16-4-6-17(7-5-16)29(25,26)19-15-28(23,24)14-18(19)21-8-9-22-10-12-27-13-11-22/h4-7,18-19,21H,8-15H2,1-3H3/t18-,19-/m1/s1. The SMILES string of the molecule is CC(C)(C)c1ccc(S(=O)(=O)[C@@H]2CS(=O)(=O)C[C@H]2NCCN2CCOCC2)cc1. The van der Waals surface area contributed by atoms with Gasteiger partial charge < -0.3 is 10.1 Å². The molecule has 7 nitrogen and oxygen atoms in total. The molecule has 0 aliphatic carbocycles. The minimum atomic E-state index is -3.75. The van der Waals surface area contributed by atoms with E-state index in [4.69, 9.17) is 4.74 Å². The molecule has 3 rings (SSSR count). The topological polar surface area (TPSA) is 92.8 Å². The number of benzene rings is 1. The van der Waals surface area contributed by atoms with Crippen LogP contribution in [0.1, 0.15) is 26.3 Å². The van der Waals surface area contributed by atoms with Gasteiger partial charge in [-0.25, -0.2) is 16.8 Å². The number of hydrogen-bond acceptors (Lipinski definition) is 7. The van der Waals surface area contributed by atoms with Crippen LogP contribution in [0.3, 0.4) is 0 Å². The van der Waals surface area contributed by atoms with Crippen molar-refractivity contribution in [3.63, 3.8) is 0 Å². The average molecular weight is 445 g/mol. The maximum atomic E-state index is 13.2. The number of hydrogen-bond donors (Lipinski definition) is 1. The lowest BCUT2D eigenvalue weighted by molar-refractivity contribution is 0.0382. The number of nitrogens with one attached hydrogen (secondary N) is 1. The third-order valence-electron chi connectivity index (χ3n) is 5.69. The molecule has 0 unspecified atom stereocenters. The monoisotopic (exact) mass is 444 g/mol. The molecule has 2 fully saturated rings. The quantitative estimate of drug-likeness (QED) is 0.695. The Balaban J connectivity index is 1.72. The van der Waals surface area contributed by atoms with Crippen molar-refractivity contribution in [1.82, 2.24) is 10.2 Å². The highest BCUT2D eigenvalue weighted by Crippen LogP contribution is 2.28. The van der Waals surface area contributed by atoms with Crippen molar-refractivity contribution in [2.75, 3.05) is 50.9 Å². The second-order valence-electron chi connectivity index (χ2n) is 8.95. The fraction of sp³-hybridized carbons (Fsp3) is 0.700. The van der Waals surface area contributed by atoms with Crippen molar-refractivity contribution < 1.29 is 21.6 Å². The summed E-state index contributed by atoms with van der Waals surface area (Å²) >= 11 is 0. The van der Waals surface area contributed by atoms with Gasteiger partial charge in [0.2, 0.25) is 0 Å². The summed E-state index contributed by atoms with van der Waals surface area (Å²) in [5, 5.41) is 2.24. The maximum Gasteiger partial charge on any atom is 0.183 e. The smallest absolute Gasteiger partial charge is 0.183 e. The fourth-order valence-corrected chi connectivity index (χ4v) is 8.58.